The summed E-state index contributed by atoms with van der Waals surface area (Å²) in [6.07, 6.45) is 5.52. The van der Waals surface area contributed by atoms with Gasteiger partial charge in [0, 0.05) is 37.0 Å². The molecule has 3 rings (SSSR count). The molecule has 0 aromatic carbocycles. The fourth-order valence-electron chi connectivity index (χ4n) is 2.38. The number of pyridine rings is 1. The number of rotatable bonds is 4. The summed E-state index contributed by atoms with van der Waals surface area (Å²) in [5.74, 6) is 1.46. The Bertz CT molecular complexity index is 579. The average molecular weight is 270 g/mol. The standard InChI is InChI=1S/C14H18N6/c15-11-4-10(5-11)12-6-13(20-14(16)19-12)18-8-9-2-1-3-17-7-9/h1-3,6-7,10-11H,4-5,8,15H2,(H3,16,18,19,20). The molecule has 0 atom stereocenters. The van der Waals surface area contributed by atoms with Crippen molar-refractivity contribution in [3.63, 3.8) is 0 Å². The second kappa shape index (κ2) is 5.42. The minimum atomic E-state index is 0.294. The van der Waals surface area contributed by atoms with Gasteiger partial charge in [0.15, 0.2) is 0 Å². The highest BCUT2D eigenvalue weighted by atomic mass is 15.1. The van der Waals surface area contributed by atoms with Crippen LogP contribution in [0.2, 0.25) is 0 Å². The van der Waals surface area contributed by atoms with E-state index in [9.17, 15) is 0 Å². The first-order valence-corrected chi connectivity index (χ1v) is 6.73. The van der Waals surface area contributed by atoms with Crippen LogP contribution in [0, 0.1) is 0 Å². The Morgan fingerprint density at radius 1 is 1.30 bits per heavy atom. The molecular formula is C14H18N6. The molecule has 0 unspecified atom stereocenters. The Morgan fingerprint density at radius 2 is 2.15 bits per heavy atom. The van der Waals surface area contributed by atoms with E-state index in [0.29, 0.717) is 24.5 Å². The molecule has 0 spiro atoms. The van der Waals surface area contributed by atoms with Crippen LogP contribution in [0.1, 0.15) is 30.0 Å². The first-order valence-electron chi connectivity index (χ1n) is 6.73. The third kappa shape index (κ3) is 2.85. The summed E-state index contributed by atoms with van der Waals surface area (Å²) in [6, 6.07) is 6.18. The molecule has 6 nitrogen and oxygen atoms in total. The molecule has 1 fully saturated rings. The van der Waals surface area contributed by atoms with Gasteiger partial charge in [-0.05, 0) is 24.5 Å². The van der Waals surface area contributed by atoms with Crippen molar-refractivity contribution in [1.29, 1.82) is 0 Å². The van der Waals surface area contributed by atoms with Crippen molar-refractivity contribution in [2.45, 2.75) is 31.3 Å². The van der Waals surface area contributed by atoms with Gasteiger partial charge in [0.1, 0.15) is 5.82 Å². The number of nitrogens with one attached hydrogen (secondary N) is 1. The maximum Gasteiger partial charge on any atom is 0.222 e. The molecule has 0 saturated heterocycles. The van der Waals surface area contributed by atoms with Gasteiger partial charge >= 0.3 is 0 Å². The van der Waals surface area contributed by atoms with Crippen LogP contribution < -0.4 is 16.8 Å². The van der Waals surface area contributed by atoms with E-state index in [2.05, 4.69) is 20.3 Å². The first-order chi connectivity index (χ1) is 9.70. The summed E-state index contributed by atoms with van der Waals surface area (Å²) < 4.78 is 0. The lowest BCUT2D eigenvalue weighted by atomic mass is 9.78. The van der Waals surface area contributed by atoms with Crippen LogP contribution in [-0.2, 0) is 6.54 Å². The highest BCUT2D eigenvalue weighted by Crippen LogP contribution is 2.35. The zero-order valence-electron chi connectivity index (χ0n) is 11.2. The Labute approximate surface area is 117 Å². The lowest BCUT2D eigenvalue weighted by Crippen LogP contribution is -2.35. The molecule has 6 heteroatoms. The van der Waals surface area contributed by atoms with Crippen LogP contribution in [-0.4, -0.2) is 21.0 Å². The van der Waals surface area contributed by atoms with Gasteiger partial charge in [0.25, 0.3) is 0 Å². The fraction of sp³-hybridized carbons (Fsp3) is 0.357. The highest BCUT2D eigenvalue weighted by Gasteiger charge is 2.29. The van der Waals surface area contributed by atoms with Crippen molar-refractivity contribution in [3.8, 4) is 0 Å². The summed E-state index contributed by atoms with van der Waals surface area (Å²) in [5.41, 5.74) is 13.7. The predicted octanol–water partition coefficient (Wildman–Crippen LogP) is 1.27. The number of nitrogens with two attached hydrogens (primary N) is 2. The van der Waals surface area contributed by atoms with E-state index in [1.165, 1.54) is 0 Å². The van der Waals surface area contributed by atoms with E-state index >= 15 is 0 Å². The SMILES string of the molecule is Nc1nc(NCc2cccnc2)cc(C2CC(N)C2)n1. The number of nitrogens with zero attached hydrogens (tertiary/aromatic N) is 3. The van der Waals surface area contributed by atoms with Gasteiger partial charge in [-0.25, -0.2) is 4.98 Å². The van der Waals surface area contributed by atoms with Crippen LogP contribution in [0.5, 0.6) is 0 Å². The van der Waals surface area contributed by atoms with Crippen molar-refractivity contribution >= 4 is 11.8 Å². The van der Waals surface area contributed by atoms with Gasteiger partial charge in [-0.3, -0.25) is 4.98 Å². The normalized spacial score (nSPS) is 21.2. The quantitative estimate of drug-likeness (QED) is 0.773. The lowest BCUT2D eigenvalue weighted by molar-refractivity contribution is 0.345. The Kier molecular flexibility index (Phi) is 3.47. The second-order valence-corrected chi connectivity index (χ2v) is 5.18. The monoisotopic (exact) mass is 270 g/mol. The largest absolute Gasteiger partial charge is 0.368 e. The minimum absolute atomic E-state index is 0.294. The van der Waals surface area contributed by atoms with Crippen LogP contribution >= 0.6 is 0 Å². The molecule has 2 heterocycles. The third-order valence-corrected chi connectivity index (χ3v) is 3.55. The maximum absolute atomic E-state index is 5.82. The molecule has 0 aliphatic heterocycles. The summed E-state index contributed by atoms with van der Waals surface area (Å²) in [4.78, 5) is 12.6. The van der Waals surface area contributed by atoms with Crippen molar-refractivity contribution in [3.05, 3.63) is 41.9 Å². The topological polar surface area (TPSA) is 103 Å². The smallest absolute Gasteiger partial charge is 0.222 e. The van der Waals surface area contributed by atoms with E-state index in [1.54, 1.807) is 6.20 Å². The van der Waals surface area contributed by atoms with Crippen molar-refractivity contribution < 1.29 is 0 Å². The van der Waals surface area contributed by atoms with Crippen LogP contribution in [0.25, 0.3) is 0 Å². The molecule has 1 saturated carbocycles. The van der Waals surface area contributed by atoms with Crippen LogP contribution in [0.15, 0.2) is 30.6 Å². The Morgan fingerprint density at radius 3 is 2.85 bits per heavy atom. The van der Waals surface area contributed by atoms with Gasteiger partial charge in [-0.2, -0.15) is 4.98 Å². The molecule has 5 N–H and O–H groups in total. The summed E-state index contributed by atoms with van der Waals surface area (Å²) in [5, 5.41) is 3.25. The summed E-state index contributed by atoms with van der Waals surface area (Å²) >= 11 is 0. The zero-order chi connectivity index (χ0) is 13.9. The zero-order valence-corrected chi connectivity index (χ0v) is 11.2. The molecule has 0 radical (unpaired) electrons. The molecule has 0 bridgehead atoms. The van der Waals surface area contributed by atoms with Crippen LogP contribution in [0.4, 0.5) is 11.8 Å². The van der Waals surface area contributed by atoms with Gasteiger partial charge in [-0.15, -0.1) is 0 Å². The lowest BCUT2D eigenvalue weighted by Gasteiger charge is -2.32. The second-order valence-electron chi connectivity index (χ2n) is 5.18. The average Bonchev–Trinajstić information content (AvgIpc) is 2.42. The molecule has 2 aromatic rings. The van der Waals surface area contributed by atoms with Crippen molar-refractivity contribution in [1.82, 2.24) is 15.0 Å². The van der Waals surface area contributed by atoms with E-state index in [1.807, 2.05) is 24.4 Å². The third-order valence-electron chi connectivity index (χ3n) is 3.55. The Hall–Kier alpha value is -2.21. The molecule has 20 heavy (non-hydrogen) atoms. The first kappa shape index (κ1) is 12.8. The molecule has 1 aliphatic carbocycles. The Balaban J connectivity index is 1.70. The predicted molar refractivity (Wildman–Crippen MR) is 78.0 cm³/mol. The summed E-state index contributed by atoms with van der Waals surface area (Å²) in [6.45, 7) is 0.661. The number of nitrogen functional groups attached to an aromatic ring is 1. The maximum atomic E-state index is 5.82. The van der Waals surface area contributed by atoms with E-state index in [4.69, 9.17) is 11.5 Å². The number of hydrogen-bond donors (Lipinski definition) is 3. The van der Waals surface area contributed by atoms with E-state index in [-0.39, 0.29) is 0 Å². The van der Waals surface area contributed by atoms with Gasteiger partial charge in [0.05, 0.1) is 5.69 Å². The summed E-state index contributed by atoms with van der Waals surface area (Å²) in [7, 11) is 0. The molecular weight excluding hydrogens is 252 g/mol. The minimum Gasteiger partial charge on any atom is -0.368 e. The number of aromatic nitrogens is 3. The molecule has 0 amide bonds. The molecule has 1 aliphatic rings. The number of hydrogen-bond acceptors (Lipinski definition) is 6. The molecule has 2 aromatic heterocycles. The van der Waals surface area contributed by atoms with Gasteiger partial charge < -0.3 is 16.8 Å². The van der Waals surface area contributed by atoms with Gasteiger partial charge in [0.2, 0.25) is 5.95 Å². The van der Waals surface area contributed by atoms with E-state index < -0.39 is 0 Å². The molecule has 104 valence electrons. The number of anilines is 2. The van der Waals surface area contributed by atoms with Crippen molar-refractivity contribution in [2.24, 2.45) is 5.73 Å². The fourth-order valence-corrected chi connectivity index (χ4v) is 2.38. The van der Waals surface area contributed by atoms with E-state index in [0.717, 1.165) is 29.9 Å². The van der Waals surface area contributed by atoms with Crippen molar-refractivity contribution in [2.75, 3.05) is 11.1 Å². The highest BCUT2D eigenvalue weighted by molar-refractivity contribution is 5.42. The van der Waals surface area contributed by atoms with Crippen LogP contribution in [0.3, 0.4) is 0 Å². The van der Waals surface area contributed by atoms with Gasteiger partial charge in [-0.1, -0.05) is 6.07 Å².